The lowest BCUT2D eigenvalue weighted by atomic mass is 10.2. The van der Waals surface area contributed by atoms with Gasteiger partial charge in [0.1, 0.15) is 18.1 Å². The summed E-state index contributed by atoms with van der Waals surface area (Å²) >= 11 is 0. The molecule has 0 bridgehead atoms. The highest BCUT2D eigenvalue weighted by molar-refractivity contribution is 7.89. The highest BCUT2D eigenvalue weighted by Crippen LogP contribution is 2.18. The van der Waals surface area contributed by atoms with Crippen LogP contribution in [0.15, 0.2) is 54.6 Å². The number of fused-ring (bicyclic) bond motifs is 1. The molecule has 1 fully saturated rings. The molecule has 1 unspecified atom stereocenters. The highest BCUT2D eigenvalue weighted by atomic mass is 32.2. The predicted octanol–water partition coefficient (Wildman–Crippen LogP) is 1.91. The minimum Gasteiger partial charge on any atom is -0.369 e. The van der Waals surface area contributed by atoms with Crippen LogP contribution in [0, 0.1) is 0 Å². The van der Waals surface area contributed by atoms with Gasteiger partial charge in [-0.2, -0.15) is 0 Å². The number of rotatable bonds is 8. The van der Waals surface area contributed by atoms with Crippen molar-refractivity contribution < 1.29 is 13.2 Å². The van der Waals surface area contributed by atoms with Gasteiger partial charge in [-0.15, -0.1) is 0 Å². The van der Waals surface area contributed by atoms with Crippen LogP contribution in [0.2, 0.25) is 0 Å². The third-order valence-corrected chi connectivity index (χ3v) is 6.86. The number of nitrogens with zero attached hydrogens (tertiary/aromatic N) is 4. The van der Waals surface area contributed by atoms with Gasteiger partial charge in [-0.3, -0.25) is 9.69 Å². The van der Waals surface area contributed by atoms with Gasteiger partial charge in [0.25, 0.3) is 0 Å². The molecular weight excluding hydrogens is 438 g/mol. The topological polar surface area (TPSA) is 87.5 Å². The lowest BCUT2D eigenvalue weighted by Gasteiger charge is -2.39. The molecule has 1 aliphatic heterocycles. The van der Waals surface area contributed by atoms with Crippen LogP contribution in [0.5, 0.6) is 0 Å². The molecule has 8 nitrogen and oxygen atoms in total. The van der Waals surface area contributed by atoms with Crippen molar-refractivity contribution in [2.45, 2.75) is 25.3 Å². The number of piperazine rings is 1. The molecule has 1 atom stereocenters. The number of carbonyl (C=O) groups excluding carboxylic acids is 1. The Kier molecular flexibility index (Phi) is 6.99. The van der Waals surface area contributed by atoms with Gasteiger partial charge in [-0.25, -0.2) is 13.4 Å². The van der Waals surface area contributed by atoms with Crippen LogP contribution in [-0.2, 0) is 26.9 Å². The maximum Gasteiger partial charge on any atom is 0.240 e. The Morgan fingerprint density at radius 2 is 1.70 bits per heavy atom. The van der Waals surface area contributed by atoms with E-state index in [0.29, 0.717) is 17.9 Å². The van der Waals surface area contributed by atoms with Crippen molar-refractivity contribution in [3.63, 3.8) is 0 Å². The summed E-state index contributed by atoms with van der Waals surface area (Å²) in [5, 5.41) is 3.02. The van der Waals surface area contributed by atoms with Crippen LogP contribution in [-0.4, -0.2) is 73.8 Å². The summed E-state index contributed by atoms with van der Waals surface area (Å²) < 4.78 is 25.4. The van der Waals surface area contributed by atoms with Gasteiger partial charge in [0.2, 0.25) is 5.91 Å². The molecule has 0 aliphatic carbocycles. The number of amides is 1. The molecule has 2 aromatic carbocycles. The fourth-order valence-corrected chi connectivity index (χ4v) is 4.99. The van der Waals surface area contributed by atoms with E-state index in [-0.39, 0.29) is 24.2 Å². The van der Waals surface area contributed by atoms with Crippen molar-refractivity contribution in [1.82, 2.24) is 19.8 Å². The number of hydrogen-bond acceptors (Lipinski definition) is 6. The first-order valence-electron chi connectivity index (χ1n) is 11.2. The first-order valence-corrected chi connectivity index (χ1v) is 13.3. The number of hydrogen-bond donors (Lipinski definition) is 1. The third-order valence-electron chi connectivity index (χ3n) is 6.08. The molecule has 0 radical (unpaired) electrons. The molecule has 33 heavy (non-hydrogen) atoms. The smallest absolute Gasteiger partial charge is 0.240 e. The van der Waals surface area contributed by atoms with Gasteiger partial charge in [-0.1, -0.05) is 30.3 Å². The van der Waals surface area contributed by atoms with E-state index in [1.807, 2.05) is 30.3 Å². The van der Waals surface area contributed by atoms with E-state index in [2.05, 4.69) is 51.3 Å². The van der Waals surface area contributed by atoms with Gasteiger partial charge in [0.05, 0.1) is 11.0 Å². The van der Waals surface area contributed by atoms with Gasteiger partial charge in [-0.05, 0) is 31.2 Å². The maximum atomic E-state index is 12.8. The highest BCUT2D eigenvalue weighted by Gasteiger charge is 2.22. The zero-order valence-electron chi connectivity index (χ0n) is 19.1. The summed E-state index contributed by atoms with van der Waals surface area (Å²) in [6, 6.07) is 18.0. The summed E-state index contributed by atoms with van der Waals surface area (Å²) in [4.78, 5) is 22.0. The Balaban J connectivity index is 1.33. The van der Waals surface area contributed by atoms with Crippen molar-refractivity contribution in [2.75, 3.05) is 43.9 Å². The number of aromatic nitrogens is 2. The number of anilines is 1. The molecule has 1 saturated heterocycles. The Bertz CT molecular complexity index is 1200. The lowest BCUT2D eigenvalue weighted by molar-refractivity contribution is -0.121. The predicted molar refractivity (Wildman–Crippen MR) is 131 cm³/mol. The van der Waals surface area contributed by atoms with Crippen molar-refractivity contribution in [2.24, 2.45) is 0 Å². The minimum absolute atomic E-state index is 0.0415. The molecular formula is C24H31N5O3S. The number of carbonyl (C=O) groups is 1. The average Bonchev–Trinajstić information content (AvgIpc) is 3.13. The van der Waals surface area contributed by atoms with Crippen LogP contribution in [0.25, 0.3) is 11.0 Å². The number of imidazole rings is 1. The quantitative estimate of drug-likeness (QED) is 0.542. The second kappa shape index (κ2) is 9.93. The first-order chi connectivity index (χ1) is 15.8. The number of sulfone groups is 1. The van der Waals surface area contributed by atoms with E-state index in [9.17, 15) is 13.2 Å². The molecule has 1 aliphatic rings. The summed E-state index contributed by atoms with van der Waals surface area (Å²) in [7, 11) is -3.27. The molecule has 4 rings (SSSR count). The second-order valence-corrected chi connectivity index (χ2v) is 10.8. The monoisotopic (exact) mass is 469 g/mol. The molecule has 1 N–H and O–H groups in total. The van der Waals surface area contributed by atoms with Crippen LogP contribution >= 0.6 is 0 Å². The van der Waals surface area contributed by atoms with Crippen LogP contribution < -0.4 is 10.2 Å². The Morgan fingerprint density at radius 1 is 1.03 bits per heavy atom. The average molecular weight is 470 g/mol. The molecule has 3 aromatic rings. The van der Waals surface area contributed by atoms with Crippen molar-refractivity contribution in [1.29, 1.82) is 0 Å². The van der Waals surface area contributed by atoms with E-state index in [4.69, 9.17) is 0 Å². The molecule has 176 valence electrons. The number of benzene rings is 2. The first kappa shape index (κ1) is 23.3. The summed E-state index contributed by atoms with van der Waals surface area (Å²) in [6.07, 6.45) is 1.18. The van der Waals surface area contributed by atoms with E-state index < -0.39 is 9.84 Å². The van der Waals surface area contributed by atoms with Crippen LogP contribution in [0.4, 0.5) is 5.69 Å². The zero-order chi connectivity index (χ0) is 23.4. The fourth-order valence-electron chi connectivity index (χ4n) is 4.30. The number of para-hydroxylation sites is 3. The zero-order valence-corrected chi connectivity index (χ0v) is 20.0. The molecule has 0 spiro atoms. The standard InChI is InChI=1S/C24H31N5O3S/c1-19(27-12-14-28(15-13-27)20-8-4-3-5-9-20)16-25-24(30)17-29-22-11-7-6-10-21(22)26-23(29)18-33(2,31)32/h3-11,19H,12-18H2,1-2H3,(H,25,30). The van der Waals surface area contributed by atoms with Gasteiger partial charge in [0, 0.05) is 50.7 Å². The molecule has 1 aromatic heterocycles. The Morgan fingerprint density at radius 3 is 2.39 bits per heavy atom. The second-order valence-electron chi connectivity index (χ2n) is 8.68. The van der Waals surface area contributed by atoms with Crippen LogP contribution in [0.3, 0.4) is 0 Å². The van der Waals surface area contributed by atoms with Gasteiger partial charge < -0.3 is 14.8 Å². The van der Waals surface area contributed by atoms with Crippen molar-refractivity contribution >= 4 is 32.5 Å². The van der Waals surface area contributed by atoms with Gasteiger partial charge >= 0.3 is 0 Å². The van der Waals surface area contributed by atoms with Gasteiger partial charge in [0.15, 0.2) is 9.84 Å². The fraction of sp³-hybridized carbons (Fsp3) is 0.417. The van der Waals surface area contributed by atoms with E-state index >= 15 is 0 Å². The SMILES string of the molecule is CC(CNC(=O)Cn1c(CS(C)(=O)=O)nc2ccccc21)N1CCN(c2ccccc2)CC1. The summed E-state index contributed by atoms with van der Waals surface area (Å²) in [5.41, 5.74) is 2.69. The summed E-state index contributed by atoms with van der Waals surface area (Å²) in [6.45, 7) is 6.50. The number of nitrogens with one attached hydrogen (secondary N) is 1. The molecule has 2 heterocycles. The molecule has 9 heteroatoms. The van der Waals surface area contributed by atoms with E-state index in [1.165, 1.54) is 11.9 Å². The van der Waals surface area contributed by atoms with Crippen molar-refractivity contribution in [3.05, 3.63) is 60.4 Å². The lowest BCUT2D eigenvalue weighted by Crippen LogP contribution is -2.52. The Hall–Kier alpha value is -2.91. The molecule has 0 saturated carbocycles. The molecule has 1 amide bonds. The maximum absolute atomic E-state index is 12.8. The normalized spacial score (nSPS) is 16.1. The minimum atomic E-state index is -3.27. The van der Waals surface area contributed by atoms with E-state index in [0.717, 1.165) is 31.7 Å². The largest absolute Gasteiger partial charge is 0.369 e. The summed E-state index contributed by atoms with van der Waals surface area (Å²) in [5.74, 6) is 0.0402. The van der Waals surface area contributed by atoms with E-state index in [1.54, 1.807) is 4.57 Å². The Labute approximate surface area is 195 Å². The van der Waals surface area contributed by atoms with Crippen molar-refractivity contribution in [3.8, 4) is 0 Å². The third kappa shape index (κ3) is 5.91. The van der Waals surface area contributed by atoms with Crippen LogP contribution in [0.1, 0.15) is 12.7 Å².